The number of carboxylic acid groups (broad SMARTS) is 1. The minimum atomic E-state index is -0.851. The van der Waals surface area contributed by atoms with Crippen LogP contribution in [0.4, 0.5) is 5.69 Å². The number of rotatable bonds is 3. The van der Waals surface area contributed by atoms with Crippen molar-refractivity contribution in [2.45, 2.75) is 32.2 Å². The number of hydrogen-bond acceptors (Lipinski definition) is 3. The summed E-state index contributed by atoms with van der Waals surface area (Å²) >= 11 is 0. The van der Waals surface area contributed by atoms with E-state index in [4.69, 9.17) is 0 Å². The number of amides is 1. The SMILES string of the molecule is CC(C)(C)NC(=O)CN1CC(C(=O)O)c2ccccc21. The summed E-state index contributed by atoms with van der Waals surface area (Å²) in [5.74, 6) is -1.51. The number of nitrogens with one attached hydrogen (secondary N) is 1. The third-order valence-electron chi connectivity index (χ3n) is 3.20. The van der Waals surface area contributed by atoms with Crippen molar-refractivity contribution in [2.24, 2.45) is 0 Å². The third kappa shape index (κ3) is 3.10. The zero-order valence-electron chi connectivity index (χ0n) is 12.0. The van der Waals surface area contributed by atoms with Crippen molar-refractivity contribution in [3.05, 3.63) is 29.8 Å². The molecule has 1 heterocycles. The minimum absolute atomic E-state index is 0.0988. The van der Waals surface area contributed by atoms with E-state index in [-0.39, 0.29) is 18.0 Å². The van der Waals surface area contributed by atoms with Crippen molar-refractivity contribution in [2.75, 3.05) is 18.0 Å². The maximum atomic E-state index is 12.0. The lowest BCUT2D eigenvalue weighted by Gasteiger charge is -2.24. The highest BCUT2D eigenvalue weighted by atomic mass is 16.4. The highest BCUT2D eigenvalue weighted by molar-refractivity contribution is 5.87. The zero-order chi connectivity index (χ0) is 14.9. The molecule has 1 atom stereocenters. The topological polar surface area (TPSA) is 69.6 Å². The first-order chi connectivity index (χ1) is 9.28. The number of aliphatic carboxylic acids is 1. The van der Waals surface area contributed by atoms with Crippen LogP contribution in [0, 0.1) is 0 Å². The van der Waals surface area contributed by atoms with Crippen LogP contribution < -0.4 is 10.2 Å². The first-order valence-electron chi connectivity index (χ1n) is 6.65. The largest absolute Gasteiger partial charge is 0.481 e. The summed E-state index contributed by atoms with van der Waals surface area (Å²) in [4.78, 5) is 25.1. The van der Waals surface area contributed by atoms with E-state index in [0.717, 1.165) is 11.3 Å². The lowest BCUT2D eigenvalue weighted by Crippen LogP contribution is -2.46. The van der Waals surface area contributed by atoms with E-state index in [1.54, 1.807) is 0 Å². The lowest BCUT2D eigenvalue weighted by molar-refractivity contribution is -0.138. The van der Waals surface area contributed by atoms with Gasteiger partial charge in [0.05, 0.1) is 6.54 Å². The predicted octanol–water partition coefficient (Wildman–Crippen LogP) is 1.59. The van der Waals surface area contributed by atoms with Gasteiger partial charge >= 0.3 is 5.97 Å². The first-order valence-corrected chi connectivity index (χ1v) is 6.65. The molecular weight excluding hydrogens is 256 g/mol. The standard InChI is InChI=1S/C15H20N2O3/c1-15(2,3)16-13(18)9-17-8-11(14(19)20)10-6-4-5-7-12(10)17/h4-7,11H,8-9H2,1-3H3,(H,16,18)(H,19,20). The van der Waals surface area contributed by atoms with Gasteiger partial charge in [-0.3, -0.25) is 9.59 Å². The molecule has 1 aromatic rings. The number of para-hydroxylation sites is 1. The Morgan fingerprint density at radius 3 is 2.60 bits per heavy atom. The Morgan fingerprint density at radius 2 is 2.00 bits per heavy atom. The Bertz CT molecular complexity index is 534. The lowest BCUT2D eigenvalue weighted by atomic mass is 10.0. The summed E-state index contributed by atoms with van der Waals surface area (Å²) in [5.41, 5.74) is 1.33. The maximum Gasteiger partial charge on any atom is 0.312 e. The Morgan fingerprint density at radius 1 is 1.35 bits per heavy atom. The van der Waals surface area contributed by atoms with Crippen LogP contribution in [0.2, 0.25) is 0 Å². The van der Waals surface area contributed by atoms with Crippen LogP contribution in [0.15, 0.2) is 24.3 Å². The highest BCUT2D eigenvalue weighted by Gasteiger charge is 2.34. The van der Waals surface area contributed by atoms with Gasteiger partial charge in [0.2, 0.25) is 5.91 Å². The molecule has 0 aromatic heterocycles. The van der Waals surface area contributed by atoms with E-state index >= 15 is 0 Å². The molecule has 1 aromatic carbocycles. The number of carboxylic acids is 1. The molecule has 5 nitrogen and oxygen atoms in total. The van der Waals surface area contributed by atoms with E-state index in [1.807, 2.05) is 49.9 Å². The van der Waals surface area contributed by atoms with Gasteiger partial charge in [-0.2, -0.15) is 0 Å². The van der Waals surface area contributed by atoms with Crippen molar-refractivity contribution in [1.29, 1.82) is 0 Å². The fraction of sp³-hybridized carbons (Fsp3) is 0.467. The molecule has 0 bridgehead atoms. The summed E-state index contributed by atoms with van der Waals surface area (Å²) < 4.78 is 0. The highest BCUT2D eigenvalue weighted by Crippen LogP contribution is 2.35. The molecule has 0 radical (unpaired) electrons. The molecule has 2 N–H and O–H groups in total. The van der Waals surface area contributed by atoms with Crippen molar-refractivity contribution in [3.8, 4) is 0 Å². The molecule has 1 amide bonds. The number of nitrogens with zero attached hydrogens (tertiary/aromatic N) is 1. The molecule has 0 aliphatic carbocycles. The molecule has 5 heteroatoms. The van der Waals surface area contributed by atoms with Crippen LogP contribution in [-0.2, 0) is 9.59 Å². The van der Waals surface area contributed by atoms with Crippen LogP contribution >= 0.6 is 0 Å². The summed E-state index contributed by atoms with van der Waals surface area (Å²) in [7, 11) is 0. The van der Waals surface area contributed by atoms with Gasteiger partial charge in [0.15, 0.2) is 0 Å². The summed E-state index contributed by atoms with van der Waals surface area (Å²) in [6.07, 6.45) is 0. The molecule has 1 aliphatic rings. The molecule has 20 heavy (non-hydrogen) atoms. The van der Waals surface area contributed by atoms with Gasteiger partial charge in [-0.05, 0) is 32.4 Å². The number of carbonyl (C=O) groups is 2. The summed E-state index contributed by atoms with van der Waals surface area (Å²) in [6, 6.07) is 7.36. The first kappa shape index (κ1) is 14.4. The molecule has 0 fully saturated rings. The minimum Gasteiger partial charge on any atom is -0.481 e. The van der Waals surface area contributed by atoms with E-state index in [2.05, 4.69) is 5.32 Å². The Balaban J connectivity index is 2.15. The van der Waals surface area contributed by atoms with E-state index in [0.29, 0.717) is 6.54 Å². The van der Waals surface area contributed by atoms with Crippen molar-refractivity contribution in [1.82, 2.24) is 5.32 Å². The summed E-state index contributed by atoms with van der Waals surface area (Å²) in [5, 5.41) is 12.2. The van der Waals surface area contributed by atoms with Gasteiger partial charge in [0.25, 0.3) is 0 Å². The van der Waals surface area contributed by atoms with Crippen molar-refractivity contribution >= 4 is 17.6 Å². The number of anilines is 1. The van der Waals surface area contributed by atoms with Crippen molar-refractivity contribution < 1.29 is 14.7 Å². The van der Waals surface area contributed by atoms with Gasteiger partial charge in [0, 0.05) is 17.8 Å². The molecule has 108 valence electrons. The molecular formula is C15H20N2O3. The average Bonchev–Trinajstić information content (AvgIpc) is 2.66. The monoisotopic (exact) mass is 276 g/mol. The smallest absolute Gasteiger partial charge is 0.312 e. The van der Waals surface area contributed by atoms with Gasteiger partial charge in [-0.25, -0.2) is 0 Å². The fourth-order valence-corrected chi connectivity index (χ4v) is 2.48. The second-order valence-corrected chi connectivity index (χ2v) is 6.13. The van der Waals surface area contributed by atoms with Crippen LogP contribution in [0.3, 0.4) is 0 Å². The van der Waals surface area contributed by atoms with Crippen LogP contribution in [0.5, 0.6) is 0 Å². The van der Waals surface area contributed by atoms with E-state index in [9.17, 15) is 14.7 Å². The van der Waals surface area contributed by atoms with Gasteiger partial charge in [0.1, 0.15) is 5.92 Å². The maximum absolute atomic E-state index is 12.0. The molecule has 1 aliphatic heterocycles. The normalized spacial score (nSPS) is 17.8. The van der Waals surface area contributed by atoms with E-state index < -0.39 is 11.9 Å². The van der Waals surface area contributed by atoms with Crippen molar-refractivity contribution in [3.63, 3.8) is 0 Å². The molecule has 1 unspecified atom stereocenters. The average molecular weight is 276 g/mol. The van der Waals surface area contributed by atoms with Gasteiger partial charge in [-0.1, -0.05) is 18.2 Å². The fourth-order valence-electron chi connectivity index (χ4n) is 2.48. The quantitative estimate of drug-likeness (QED) is 0.879. The molecule has 0 spiro atoms. The number of carbonyl (C=O) groups excluding carboxylic acids is 1. The Labute approximate surface area is 118 Å². The second kappa shape index (κ2) is 5.15. The number of fused-ring (bicyclic) bond motifs is 1. The Hall–Kier alpha value is -2.04. The zero-order valence-corrected chi connectivity index (χ0v) is 12.0. The number of benzene rings is 1. The molecule has 0 saturated carbocycles. The van der Waals surface area contributed by atoms with Gasteiger partial charge < -0.3 is 15.3 Å². The third-order valence-corrected chi connectivity index (χ3v) is 3.20. The Kier molecular flexibility index (Phi) is 3.70. The van der Waals surface area contributed by atoms with Gasteiger partial charge in [-0.15, -0.1) is 0 Å². The molecule has 0 saturated heterocycles. The van der Waals surface area contributed by atoms with Crippen LogP contribution in [0.1, 0.15) is 32.3 Å². The predicted molar refractivity (Wildman–Crippen MR) is 76.9 cm³/mol. The number of hydrogen-bond donors (Lipinski definition) is 2. The van der Waals surface area contributed by atoms with Crippen LogP contribution in [-0.4, -0.2) is 35.6 Å². The molecule has 2 rings (SSSR count). The van der Waals surface area contributed by atoms with Crippen LogP contribution in [0.25, 0.3) is 0 Å². The second-order valence-electron chi connectivity index (χ2n) is 6.13. The van der Waals surface area contributed by atoms with E-state index in [1.165, 1.54) is 0 Å². The summed E-state index contributed by atoms with van der Waals surface area (Å²) in [6.45, 7) is 6.28.